The van der Waals surface area contributed by atoms with Crippen molar-refractivity contribution in [1.82, 2.24) is 9.97 Å². The summed E-state index contributed by atoms with van der Waals surface area (Å²) in [5.41, 5.74) is 2.05. The first kappa shape index (κ1) is 14.5. The molecule has 3 rings (SSSR count). The van der Waals surface area contributed by atoms with Gasteiger partial charge in [-0.1, -0.05) is 6.07 Å². The molecule has 2 heterocycles. The molecule has 0 amide bonds. The summed E-state index contributed by atoms with van der Waals surface area (Å²) in [7, 11) is 0. The molecule has 0 fully saturated rings. The van der Waals surface area contributed by atoms with Crippen molar-refractivity contribution in [3.8, 4) is 11.6 Å². The molecule has 110 valence electrons. The molecular formula is C17H14BrN3O. The summed E-state index contributed by atoms with van der Waals surface area (Å²) in [6.07, 6.45) is 3.46. The van der Waals surface area contributed by atoms with Gasteiger partial charge in [-0.05, 0) is 70.9 Å². The van der Waals surface area contributed by atoms with Crippen molar-refractivity contribution in [3.63, 3.8) is 0 Å². The first-order valence-corrected chi connectivity index (χ1v) is 7.59. The van der Waals surface area contributed by atoms with Crippen LogP contribution in [0.3, 0.4) is 0 Å². The fraction of sp³-hybridized carbons (Fsp3) is 0.0588. The monoisotopic (exact) mass is 355 g/mol. The minimum Gasteiger partial charge on any atom is -0.438 e. The molecule has 5 heteroatoms. The van der Waals surface area contributed by atoms with Gasteiger partial charge in [0, 0.05) is 18.1 Å². The van der Waals surface area contributed by atoms with E-state index < -0.39 is 0 Å². The standard InChI is InChI=1S/C17H14BrN3O/c1-12-4-2-10-19-16(12)21-13-6-8-14(9-7-13)22-17-15(18)5-3-11-20-17/h2-11H,1H3,(H,19,21). The van der Waals surface area contributed by atoms with Crippen molar-refractivity contribution in [2.24, 2.45) is 0 Å². The van der Waals surface area contributed by atoms with Gasteiger partial charge in [0.25, 0.3) is 0 Å². The van der Waals surface area contributed by atoms with Gasteiger partial charge in [-0.25, -0.2) is 9.97 Å². The van der Waals surface area contributed by atoms with Crippen LogP contribution in [0.5, 0.6) is 11.6 Å². The lowest BCUT2D eigenvalue weighted by Crippen LogP contribution is -1.95. The topological polar surface area (TPSA) is 47.0 Å². The average Bonchev–Trinajstić information content (AvgIpc) is 2.54. The highest BCUT2D eigenvalue weighted by Gasteiger charge is 2.04. The van der Waals surface area contributed by atoms with E-state index in [0.29, 0.717) is 5.88 Å². The van der Waals surface area contributed by atoms with Gasteiger partial charge < -0.3 is 10.1 Å². The average molecular weight is 356 g/mol. The number of nitrogens with one attached hydrogen (secondary N) is 1. The molecule has 22 heavy (non-hydrogen) atoms. The van der Waals surface area contributed by atoms with Crippen LogP contribution in [-0.2, 0) is 0 Å². The number of ether oxygens (including phenoxy) is 1. The Morgan fingerprint density at radius 3 is 2.41 bits per heavy atom. The lowest BCUT2D eigenvalue weighted by atomic mass is 10.2. The third-order valence-corrected chi connectivity index (χ3v) is 3.67. The number of pyridine rings is 2. The van der Waals surface area contributed by atoms with Crippen molar-refractivity contribution >= 4 is 27.4 Å². The Balaban J connectivity index is 1.73. The largest absolute Gasteiger partial charge is 0.438 e. The van der Waals surface area contributed by atoms with Crippen molar-refractivity contribution in [2.75, 3.05) is 5.32 Å². The van der Waals surface area contributed by atoms with E-state index in [9.17, 15) is 0 Å². The second kappa shape index (κ2) is 6.58. The zero-order valence-electron chi connectivity index (χ0n) is 12.0. The molecule has 3 aromatic rings. The molecule has 0 radical (unpaired) electrons. The van der Waals surface area contributed by atoms with Gasteiger partial charge >= 0.3 is 0 Å². The third kappa shape index (κ3) is 3.43. The van der Waals surface area contributed by atoms with E-state index in [1.165, 1.54) is 0 Å². The predicted octanol–water partition coefficient (Wildman–Crippen LogP) is 5.08. The van der Waals surface area contributed by atoms with Crippen molar-refractivity contribution in [3.05, 3.63) is 71.0 Å². The first-order chi connectivity index (χ1) is 10.7. The van der Waals surface area contributed by atoms with Crippen LogP contribution in [0.1, 0.15) is 5.56 Å². The molecule has 0 saturated heterocycles. The van der Waals surface area contributed by atoms with Crippen LogP contribution in [0.15, 0.2) is 65.4 Å². The summed E-state index contributed by atoms with van der Waals surface area (Å²) in [5.74, 6) is 2.12. The maximum Gasteiger partial charge on any atom is 0.233 e. The second-order valence-electron chi connectivity index (χ2n) is 4.71. The van der Waals surface area contributed by atoms with Crippen LogP contribution in [0.2, 0.25) is 0 Å². The Hall–Kier alpha value is -2.40. The maximum atomic E-state index is 5.74. The fourth-order valence-corrected chi connectivity index (χ4v) is 2.25. The summed E-state index contributed by atoms with van der Waals surface area (Å²) in [4.78, 5) is 8.50. The maximum absolute atomic E-state index is 5.74. The molecule has 0 bridgehead atoms. The van der Waals surface area contributed by atoms with Crippen LogP contribution in [0, 0.1) is 6.92 Å². The number of benzene rings is 1. The molecule has 1 N–H and O–H groups in total. The molecule has 0 spiro atoms. The van der Waals surface area contributed by atoms with Gasteiger partial charge in [-0.15, -0.1) is 0 Å². The number of anilines is 2. The van der Waals surface area contributed by atoms with Crippen LogP contribution >= 0.6 is 15.9 Å². The van der Waals surface area contributed by atoms with E-state index in [4.69, 9.17) is 4.74 Å². The van der Waals surface area contributed by atoms with Gasteiger partial charge in [0.1, 0.15) is 11.6 Å². The lowest BCUT2D eigenvalue weighted by molar-refractivity contribution is 0.460. The Labute approximate surface area is 137 Å². The lowest BCUT2D eigenvalue weighted by Gasteiger charge is -2.10. The number of nitrogens with zero attached hydrogens (tertiary/aromatic N) is 2. The Kier molecular flexibility index (Phi) is 4.34. The molecule has 0 atom stereocenters. The number of aromatic nitrogens is 2. The van der Waals surface area contributed by atoms with E-state index in [2.05, 4.69) is 31.2 Å². The van der Waals surface area contributed by atoms with Crippen LogP contribution in [-0.4, -0.2) is 9.97 Å². The summed E-state index contributed by atoms with van der Waals surface area (Å²) in [5, 5.41) is 3.28. The Morgan fingerprint density at radius 2 is 1.68 bits per heavy atom. The third-order valence-electron chi connectivity index (χ3n) is 3.07. The molecule has 4 nitrogen and oxygen atoms in total. The van der Waals surface area contributed by atoms with Crippen LogP contribution < -0.4 is 10.1 Å². The predicted molar refractivity (Wildman–Crippen MR) is 90.7 cm³/mol. The van der Waals surface area contributed by atoms with Gasteiger partial charge in [0.15, 0.2) is 0 Å². The number of halogens is 1. The zero-order chi connectivity index (χ0) is 15.4. The van der Waals surface area contributed by atoms with Crippen molar-refractivity contribution in [2.45, 2.75) is 6.92 Å². The second-order valence-corrected chi connectivity index (χ2v) is 5.57. The highest BCUT2D eigenvalue weighted by molar-refractivity contribution is 9.10. The van der Waals surface area contributed by atoms with E-state index in [1.807, 2.05) is 55.5 Å². The number of aryl methyl sites for hydroxylation is 1. The summed E-state index contributed by atoms with van der Waals surface area (Å²) < 4.78 is 6.56. The minimum atomic E-state index is 0.545. The van der Waals surface area contributed by atoms with Crippen LogP contribution in [0.25, 0.3) is 0 Å². The summed E-state index contributed by atoms with van der Waals surface area (Å²) in [6, 6.07) is 15.3. The minimum absolute atomic E-state index is 0.545. The van der Waals surface area contributed by atoms with Gasteiger partial charge in [-0.3, -0.25) is 0 Å². The summed E-state index contributed by atoms with van der Waals surface area (Å²) >= 11 is 3.41. The summed E-state index contributed by atoms with van der Waals surface area (Å²) in [6.45, 7) is 2.02. The zero-order valence-corrected chi connectivity index (χ0v) is 13.5. The van der Waals surface area contributed by atoms with Gasteiger partial charge in [-0.2, -0.15) is 0 Å². The molecule has 0 aliphatic rings. The van der Waals surface area contributed by atoms with E-state index in [-0.39, 0.29) is 0 Å². The fourth-order valence-electron chi connectivity index (χ4n) is 1.92. The van der Waals surface area contributed by atoms with Crippen molar-refractivity contribution in [1.29, 1.82) is 0 Å². The van der Waals surface area contributed by atoms with Crippen molar-refractivity contribution < 1.29 is 4.74 Å². The molecule has 2 aromatic heterocycles. The molecular weight excluding hydrogens is 342 g/mol. The first-order valence-electron chi connectivity index (χ1n) is 6.79. The normalized spacial score (nSPS) is 10.3. The Morgan fingerprint density at radius 1 is 0.955 bits per heavy atom. The quantitative estimate of drug-likeness (QED) is 0.708. The molecule has 0 saturated carbocycles. The Bertz CT molecular complexity index is 708. The smallest absolute Gasteiger partial charge is 0.233 e. The highest BCUT2D eigenvalue weighted by atomic mass is 79.9. The number of hydrogen-bond donors (Lipinski definition) is 1. The molecule has 1 aromatic carbocycles. The number of hydrogen-bond acceptors (Lipinski definition) is 4. The van der Waals surface area contributed by atoms with Gasteiger partial charge in [0.05, 0.1) is 4.47 Å². The van der Waals surface area contributed by atoms with Gasteiger partial charge in [0.2, 0.25) is 5.88 Å². The molecule has 0 aliphatic carbocycles. The van der Waals surface area contributed by atoms with E-state index in [0.717, 1.165) is 27.3 Å². The molecule has 0 aliphatic heterocycles. The number of rotatable bonds is 4. The highest BCUT2D eigenvalue weighted by Crippen LogP contribution is 2.28. The van der Waals surface area contributed by atoms with E-state index in [1.54, 1.807) is 12.4 Å². The van der Waals surface area contributed by atoms with Crippen LogP contribution in [0.4, 0.5) is 11.5 Å². The van der Waals surface area contributed by atoms with E-state index >= 15 is 0 Å². The molecule has 0 unspecified atom stereocenters. The SMILES string of the molecule is Cc1cccnc1Nc1ccc(Oc2ncccc2Br)cc1.